The Morgan fingerprint density at radius 3 is 2.60 bits per heavy atom. The molecule has 0 fully saturated rings. The van der Waals surface area contributed by atoms with Crippen LogP contribution in [0, 0.1) is 5.92 Å². The monoisotopic (exact) mass is 212 g/mol. The van der Waals surface area contributed by atoms with Crippen molar-refractivity contribution >= 4 is 0 Å². The summed E-state index contributed by atoms with van der Waals surface area (Å²) < 4.78 is 5.62. The van der Waals surface area contributed by atoms with Gasteiger partial charge in [-0.15, -0.1) is 0 Å². The molecule has 0 aliphatic heterocycles. The van der Waals surface area contributed by atoms with Gasteiger partial charge < -0.3 is 16.2 Å². The Morgan fingerprint density at radius 1 is 1.40 bits per heavy atom. The van der Waals surface area contributed by atoms with E-state index >= 15 is 0 Å². The molecule has 0 saturated carbocycles. The topological polar surface area (TPSA) is 61.3 Å². The summed E-state index contributed by atoms with van der Waals surface area (Å²) in [4.78, 5) is 0. The molecule has 0 aliphatic rings. The van der Waals surface area contributed by atoms with Crippen LogP contribution in [0.3, 0.4) is 0 Å². The van der Waals surface area contributed by atoms with Gasteiger partial charge in [0.15, 0.2) is 0 Å². The van der Waals surface area contributed by atoms with Crippen LogP contribution in [0.1, 0.15) is 27.2 Å². The molecule has 1 unspecified atom stereocenters. The predicted molar refractivity (Wildman–Crippen MR) is 65.3 cm³/mol. The van der Waals surface area contributed by atoms with E-state index in [1.54, 1.807) is 0 Å². The number of allylic oxidation sites excluding steroid dienone is 2. The van der Waals surface area contributed by atoms with Crippen LogP contribution in [0.15, 0.2) is 23.9 Å². The van der Waals surface area contributed by atoms with Gasteiger partial charge in [0.1, 0.15) is 0 Å². The van der Waals surface area contributed by atoms with E-state index in [0.29, 0.717) is 12.5 Å². The smallest absolute Gasteiger partial charge is 0.0607 e. The highest BCUT2D eigenvalue weighted by molar-refractivity contribution is 5.15. The van der Waals surface area contributed by atoms with Crippen LogP contribution in [0.4, 0.5) is 0 Å². The maximum atomic E-state index is 5.78. The molecule has 0 aromatic rings. The molecule has 0 heterocycles. The van der Waals surface area contributed by atoms with Crippen LogP contribution in [-0.4, -0.2) is 19.3 Å². The summed E-state index contributed by atoms with van der Waals surface area (Å²) in [6.45, 7) is 7.51. The Kier molecular flexibility index (Phi) is 8.05. The first-order valence-corrected chi connectivity index (χ1v) is 5.53. The molecule has 0 rings (SSSR count). The zero-order valence-electron chi connectivity index (χ0n) is 10.1. The largest absolute Gasteiger partial charge is 0.399 e. The van der Waals surface area contributed by atoms with Crippen LogP contribution in [-0.2, 0) is 4.74 Å². The SMILES string of the molecule is C/C=C\C(N)=C\C(C)[C@H](C)OCCCN. The van der Waals surface area contributed by atoms with Gasteiger partial charge >= 0.3 is 0 Å². The highest BCUT2D eigenvalue weighted by Gasteiger charge is 2.09. The van der Waals surface area contributed by atoms with E-state index < -0.39 is 0 Å². The van der Waals surface area contributed by atoms with Crippen molar-refractivity contribution in [1.82, 2.24) is 0 Å². The van der Waals surface area contributed by atoms with E-state index in [-0.39, 0.29) is 6.10 Å². The van der Waals surface area contributed by atoms with Crippen LogP contribution >= 0.6 is 0 Å². The van der Waals surface area contributed by atoms with Crippen molar-refractivity contribution in [3.05, 3.63) is 23.9 Å². The quantitative estimate of drug-likeness (QED) is 0.499. The second-order valence-corrected chi connectivity index (χ2v) is 3.74. The molecule has 0 bridgehead atoms. The summed E-state index contributed by atoms with van der Waals surface area (Å²) in [7, 11) is 0. The van der Waals surface area contributed by atoms with Crippen molar-refractivity contribution in [2.45, 2.75) is 33.3 Å². The fraction of sp³-hybridized carbons (Fsp3) is 0.667. The molecule has 0 aliphatic carbocycles. The third-order valence-electron chi connectivity index (χ3n) is 2.28. The standard InChI is InChI=1S/C12H24N2O/c1-4-6-12(14)9-10(2)11(3)15-8-5-7-13/h4,6,9-11H,5,7-8,13-14H2,1-3H3/b6-4-,12-9-/t10?,11-/m0/s1. The van der Waals surface area contributed by atoms with Gasteiger partial charge in [-0.1, -0.05) is 19.1 Å². The van der Waals surface area contributed by atoms with Crippen LogP contribution in [0.5, 0.6) is 0 Å². The van der Waals surface area contributed by atoms with Crippen LogP contribution < -0.4 is 11.5 Å². The van der Waals surface area contributed by atoms with Gasteiger partial charge in [-0.2, -0.15) is 0 Å². The number of ether oxygens (including phenoxy) is 1. The maximum absolute atomic E-state index is 5.78. The second-order valence-electron chi connectivity index (χ2n) is 3.74. The molecule has 0 radical (unpaired) electrons. The lowest BCUT2D eigenvalue weighted by Gasteiger charge is -2.17. The molecule has 2 atom stereocenters. The van der Waals surface area contributed by atoms with Crippen molar-refractivity contribution in [1.29, 1.82) is 0 Å². The van der Waals surface area contributed by atoms with Crippen molar-refractivity contribution in [3.63, 3.8) is 0 Å². The third-order valence-corrected chi connectivity index (χ3v) is 2.28. The minimum absolute atomic E-state index is 0.181. The van der Waals surface area contributed by atoms with Gasteiger partial charge in [0.05, 0.1) is 6.10 Å². The van der Waals surface area contributed by atoms with Crippen molar-refractivity contribution in [3.8, 4) is 0 Å². The predicted octanol–water partition coefficient (Wildman–Crippen LogP) is 1.80. The number of hydrogen-bond donors (Lipinski definition) is 2. The van der Waals surface area contributed by atoms with Crippen LogP contribution in [0.25, 0.3) is 0 Å². The zero-order chi connectivity index (χ0) is 11.7. The Hall–Kier alpha value is -0.800. The van der Waals surface area contributed by atoms with E-state index in [2.05, 4.69) is 13.8 Å². The van der Waals surface area contributed by atoms with Gasteiger partial charge in [-0.25, -0.2) is 0 Å². The first-order valence-electron chi connectivity index (χ1n) is 5.53. The molecule has 0 amide bonds. The molecule has 0 saturated heterocycles. The highest BCUT2D eigenvalue weighted by atomic mass is 16.5. The summed E-state index contributed by atoms with van der Waals surface area (Å²) >= 11 is 0. The number of hydrogen-bond acceptors (Lipinski definition) is 3. The number of rotatable bonds is 7. The van der Waals surface area contributed by atoms with Gasteiger partial charge in [-0.05, 0) is 32.9 Å². The van der Waals surface area contributed by atoms with Crippen LogP contribution in [0.2, 0.25) is 0 Å². The lowest BCUT2D eigenvalue weighted by atomic mass is 10.0. The first kappa shape index (κ1) is 14.2. The van der Waals surface area contributed by atoms with E-state index in [4.69, 9.17) is 16.2 Å². The summed E-state index contributed by atoms with van der Waals surface area (Å²) in [5.41, 5.74) is 12.0. The van der Waals surface area contributed by atoms with Crippen molar-refractivity contribution in [2.75, 3.05) is 13.2 Å². The summed E-state index contributed by atoms with van der Waals surface area (Å²) in [5.74, 6) is 0.318. The highest BCUT2D eigenvalue weighted by Crippen LogP contribution is 2.10. The molecule has 88 valence electrons. The van der Waals surface area contributed by atoms with E-state index in [1.165, 1.54) is 0 Å². The Labute approximate surface area is 93.2 Å². The lowest BCUT2D eigenvalue weighted by molar-refractivity contribution is 0.0424. The van der Waals surface area contributed by atoms with Gasteiger partial charge in [-0.3, -0.25) is 0 Å². The minimum atomic E-state index is 0.181. The molecule has 3 heteroatoms. The average molecular weight is 212 g/mol. The molecule has 0 aromatic carbocycles. The summed E-state index contributed by atoms with van der Waals surface area (Å²) in [5, 5.41) is 0. The van der Waals surface area contributed by atoms with Gasteiger partial charge in [0.25, 0.3) is 0 Å². The lowest BCUT2D eigenvalue weighted by Crippen LogP contribution is -2.19. The molecule has 3 nitrogen and oxygen atoms in total. The van der Waals surface area contributed by atoms with Crippen molar-refractivity contribution in [2.24, 2.45) is 17.4 Å². The Balaban J connectivity index is 3.97. The Bertz CT molecular complexity index is 212. The second kappa shape index (κ2) is 8.50. The molecule has 0 aromatic heterocycles. The molecular weight excluding hydrogens is 188 g/mol. The van der Waals surface area contributed by atoms with E-state index in [1.807, 2.05) is 25.2 Å². The van der Waals surface area contributed by atoms with E-state index in [0.717, 1.165) is 18.7 Å². The zero-order valence-corrected chi connectivity index (χ0v) is 10.1. The minimum Gasteiger partial charge on any atom is -0.399 e. The summed E-state index contributed by atoms with van der Waals surface area (Å²) in [6, 6.07) is 0. The molecule has 0 spiro atoms. The van der Waals surface area contributed by atoms with Crippen molar-refractivity contribution < 1.29 is 4.74 Å². The fourth-order valence-corrected chi connectivity index (χ4v) is 1.19. The van der Waals surface area contributed by atoms with E-state index in [9.17, 15) is 0 Å². The normalized spacial score (nSPS) is 16.9. The first-order chi connectivity index (χ1) is 7.11. The Morgan fingerprint density at radius 2 is 2.07 bits per heavy atom. The molecule has 4 N–H and O–H groups in total. The third kappa shape index (κ3) is 7.17. The fourth-order valence-electron chi connectivity index (χ4n) is 1.19. The number of nitrogens with two attached hydrogens (primary N) is 2. The molecule has 15 heavy (non-hydrogen) atoms. The average Bonchev–Trinajstić information content (AvgIpc) is 2.18. The van der Waals surface area contributed by atoms with Gasteiger partial charge in [0.2, 0.25) is 0 Å². The van der Waals surface area contributed by atoms with Gasteiger partial charge in [0, 0.05) is 18.2 Å². The maximum Gasteiger partial charge on any atom is 0.0607 e. The molecular formula is C12H24N2O. The summed E-state index contributed by atoms with van der Waals surface area (Å²) in [6.07, 6.45) is 6.93.